The summed E-state index contributed by atoms with van der Waals surface area (Å²) < 4.78 is 16.3. The molecular weight excluding hydrogens is 316 g/mol. The van der Waals surface area contributed by atoms with Crippen LogP contribution in [0.5, 0.6) is 0 Å². The van der Waals surface area contributed by atoms with E-state index in [1.807, 2.05) is 32.9 Å². The number of nitrogens with zero attached hydrogens (tertiary/aromatic N) is 2. The first-order valence-electron chi connectivity index (χ1n) is 8.27. The second-order valence-corrected chi connectivity index (χ2v) is 9.05. The Morgan fingerprint density at radius 2 is 1.38 bits per heavy atom. The predicted octanol–water partition coefficient (Wildman–Crippen LogP) is 3.99. The van der Waals surface area contributed by atoms with Crippen molar-refractivity contribution in [3.05, 3.63) is 71.8 Å². The van der Waals surface area contributed by atoms with E-state index >= 15 is 0 Å². The highest BCUT2D eigenvalue weighted by atomic mass is 32.2. The van der Waals surface area contributed by atoms with Crippen LogP contribution in [0.1, 0.15) is 37.9 Å². The Morgan fingerprint density at radius 3 is 1.79 bits per heavy atom. The molecule has 0 aliphatic carbocycles. The van der Waals surface area contributed by atoms with Gasteiger partial charge in [0, 0.05) is 13.1 Å². The van der Waals surface area contributed by atoms with E-state index in [1.54, 1.807) is 0 Å². The lowest BCUT2D eigenvalue weighted by Crippen LogP contribution is -2.49. The summed E-state index contributed by atoms with van der Waals surface area (Å²) in [6.45, 7) is 7.42. The molecule has 3 nitrogen and oxygen atoms in total. The molecule has 1 aliphatic rings. The van der Waals surface area contributed by atoms with E-state index in [2.05, 4.69) is 57.8 Å². The molecule has 4 heteroatoms. The molecular formula is C20H24N2OS. The van der Waals surface area contributed by atoms with Gasteiger partial charge >= 0.3 is 0 Å². The van der Waals surface area contributed by atoms with Crippen molar-refractivity contribution in [2.24, 2.45) is 4.40 Å². The first-order chi connectivity index (χ1) is 11.4. The van der Waals surface area contributed by atoms with Gasteiger partial charge in [0.15, 0.2) is 0 Å². The number of likely N-dealkylation sites (tertiary alicyclic amines) is 1. The fraction of sp³-hybridized carbons (Fsp3) is 0.350. The summed E-state index contributed by atoms with van der Waals surface area (Å²) in [5.41, 5.74) is 3.58. The zero-order valence-corrected chi connectivity index (χ0v) is 15.3. The van der Waals surface area contributed by atoms with Gasteiger partial charge < -0.3 is 0 Å². The smallest absolute Gasteiger partial charge is 0.144 e. The molecule has 1 heterocycles. The van der Waals surface area contributed by atoms with E-state index in [0.29, 0.717) is 0 Å². The van der Waals surface area contributed by atoms with Crippen LogP contribution in [0.4, 0.5) is 0 Å². The lowest BCUT2D eigenvalue weighted by Gasteiger charge is -2.40. The van der Waals surface area contributed by atoms with Gasteiger partial charge in [0.2, 0.25) is 0 Å². The van der Waals surface area contributed by atoms with Crippen molar-refractivity contribution in [1.82, 2.24) is 4.90 Å². The Kier molecular flexibility index (Phi) is 4.97. The molecule has 0 spiro atoms. The molecule has 0 aromatic heterocycles. The van der Waals surface area contributed by atoms with Crippen molar-refractivity contribution in [3.8, 4) is 0 Å². The maximum atomic E-state index is 12.2. The Labute approximate surface area is 147 Å². The molecule has 2 aromatic rings. The molecule has 3 rings (SSSR count). The van der Waals surface area contributed by atoms with Gasteiger partial charge in [-0.2, -0.15) is 4.40 Å². The Hall–Kier alpha value is -1.78. The van der Waals surface area contributed by atoms with E-state index in [4.69, 9.17) is 0 Å². The number of benzene rings is 2. The monoisotopic (exact) mass is 340 g/mol. The minimum atomic E-state index is -1.17. The minimum Gasteiger partial charge on any atom is -0.281 e. The Bertz CT molecular complexity index is 688. The van der Waals surface area contributed by atoms with Gasteiger partial charge in [0.05, 0.1) is 16.5 Å². The number of hydrogen-bond acceptors (Lipinski definition) is 2. The average molecular weight is 340 g/mol. The second kappa shape index (κ2) is 6.99. The standard InChI is InChI=1S/C20H24N2OS/c1-20(2,3)24(23)21-18-14-22(15-18)19(16-10-6-4-7-11-16)17-12-8-5-9-13-17/h4-13,19H,14-15H2,1-3H3/t24-/m0/s1. The second-order valence-electron chi connectivity index (χ2n) is 7.15. The first-order valence-corrected chi connectivity index (χ1v) is 9.38. The zero-order chi connectivity index (χ0) is 17.2. The van der Waals surface area contributed by atoms with Crippen LogP contribution in [0.15, 0.2) is 65.1 Å². The summed E-state index contributed by atoms with van der Waals surface area (Å²) >= 11 is 0. The van der Waals surface area contributed by atoms with Gasteiger partial charge in [-0.15, -0.1) is 0 Å². The zero-order valence-electron chi connectivity index (χ0n) is 14.5. The maximum Gasteiger partial charge on any atom is 0.144 e. The largest absolute Gasteiger partial charge is 0.281 e. The summed E-state index contributed by atoms with van der Waals surface area (Å²) in [5.74, 6) is 0. The number of hydrogen-bond donors (Lipinski definition) is 0. The molecule has 24 heavy (non-hydrogen) atoms. The molecule has 0 amide bonds. The van der Waals surface area contributed by atoms with Gasteiger partial charge in [-0.05, 0) is 31.9 Å². The van der Waals surface area contributed by atoms with Gasteiger partial charge in [-0.25, -0.2) is 4.21 Å². The topological polar surface area (TPSA) is 32.7 Å². The van der Waals surface area contributed by atoms with E-state index in [9.17, 15) is 4.21 Å². The fourth-order valence-corrected chi connectivity index (χ4v) is 3.43. The fourth-order valence-electron chi connectivity index (χ4n) is 2.80. The van der Waals surface area contributed by atoms with Crippen LogP contribution < -0.4 is 0 Å². The normalized spacial score (nSPS) is 16.8. The molecule has 0 radical (unpaired) electrons. The van der Waals surface area contributed by atoms with Crippen molar-refractivity contribution in [1.29, 1.82) is 0 Å². The molecule has 1 aliphatic heterocycles. The minimum absolute atomic E-state index is 0.217. The van der Waals surface area contributed by atoms with Crippen molar-refractivity contribution >= 4 is 16.7 Å². The summed E-state index contributed by atoms with van der Waals surface area (Å²) in [4.78, 5) is 2.38. The van der Waals surface area contributed by atoms with Crippen LogP contribution >= 0.6 is 0 Å². The third-order valence-electron chi connectivity index (χ3n) is 4.10. The SMILES string of the molecule is CC(C)(C)[S@](=O)N=C1CN(C(c2ccccc2)c2ccccc2)C1. The predicted molar refractivity (Wildman–Crippen MR) is 102 cm³/mol. The summed E-state index contributed by atoms with van der Waals surface area (Å²) in [5, 5.41) is 0. The van der Waals surface area contributed by atoms with Gasteiger partial charge in [0.25, 0.3) is 0 Å². The average Bonchev–Trinajstić information content (AvgIpc) is 2.53. The molecule has 1 saturated heterocycles. The van der Waals surface area contributed by atoms with E-state index in [1.165, 1.54) is 11.1 Å². The molecule has 0 unspecified atom stereocenters. The van der Waals surface area contributed by atoms with E-state index < -0.39 is 11.0 Å². The van der Waals surface area contributed by atoms with E-state index in [0.717, 1.165) is 18.8 Å². The van der Waals surface area contributed by atoms with Crippen LogP contribution in [-0.4, -0.2) is 32.7 Å². The van der Waals surface area contributed by atoms with Crippen LogP contribution in [0, 0.1) is 0 Å². The van der Waals surface area contributed by atoms with E-state index in [-0.39, 0.29) is 10.8 Å². The lowest BCUT2D eigenvalue weighted by molar-refractivity contribution is 0.251. The molecule has 0 bridgehead atoms. The van der Waals surface area contributed by atoms with Crippen LogP contribution in [0.25, 0.3) is 0 Å². The highest BCUT2D eigenvalue weighted by molar-refractivity contribution is 7.85. The quantitative estimate of drug-likeness (QED) is 0.843. The van der Waals surface area contributed by atoms with Crippen LogP contribution in [0.2, 0.25) is 0 Å². The van der Waals surface area contributed by atoms with Crippen molar-refractivity contribution in [2.75, 3.05) is 13.1 Å². The van der Waals surface area contributed by atoms with Crippen LogP contribution in [-0.2, 0) is 11.0 Å². The third kappa shape index (κ3) is 3.82. The molecule has 2 aromatic carbocycles. The number of rotatable bonds is 4. The Balaban J connectivity index is 1.80. The summed E-state index contributed by atoms with van der Waals surface area (Å²) in [7, 11) is -1.17. The molecule has 126 valence electrons. The maximum absolute atomic E-state index is 12.2. The van der Waals surface area contributed by atoms with Crippen molar-refractivity contribution in [3.63, 3.8) is 0 Å². The molecule has 0 N–H and O–H groups in total. The Morgan fingerprint density at radius 1 is 0.917 bits per heavy atom. The first kappa shape index (κ1) is 17.1. The molecule has 1 fully saturated rings. The lowest BCUT2D eigenvalue weighted by atomic mass is 9.94. The van der Waals surface area contributed by atoms with Crippen molar-refractivity contribution in [2.45, 2.75) is 31.6 Å². The highest BCUT2D eigenvalue weighted by Gasteiger charge is 2.32. The molecule has 1 atom stereocenters. The summed E-state index contributed by atoms with van der Waals surface area (Å²) in [6, 6.07) is 21.3. The van der Waals surface area contributed by atoms with Crippen LogP contribution in [0.3, 0.4) is 0 Å². The highest BCUT2D eigenvalue weighted by Crippen LogP contribution is 2.31. The van der Waals surface area contributed by atoms with Gasteiger partial charge in [-0.1, -0.05) is 60.7 Å². The summed E-state index contributed by atoms with van der Waals surface area (Å²) in [6.07, 6.45) is 0. The van der Waals surface area contributed by atoms with Gasteiger partial charge in [-0.3, -0.25) is 4.90 Å². The third-order valence-corrected chi connectivity index (χ3v) is 5.57. The van der Waals surface area contributed by atoms with Crippen molar-refractivity contribution < 1.29 is 4.21 Å². The van der Waals surface area contributed by atoms with Gasteiger partial charge in [0.1, 0.15) is 11.0 Å². The molecule has 0 saturated carbocycles.